The molecule has 0 bridgehead atoms. The lowest BCUT2D eigenvalue weighted by Gasteiger charge is -2.02. The first-order valence-corrected chi connectivity index (χ1v) is 6.54. The van der Waals surface area contributed by atoms with E-state index in [-0.39, 0.29) is 0 Å². The van der Waals surface area contributed by atoms with Gasteiger partial charge in [0.1, 0.15) is 17.8 Å². The number of halogens is 1. The van der Waals surface area contributed by atoms with Gasteiger partial charge in [0.25, 0.3) is 0 Å². The Morgan fingerprint density at radius 2 is 2.20 bits per heavy atom. The highest BCUT2D eigenvalue weighted by Gasteiger charge is 2.07. The molecule has 0 saturated heterocycles. The van der Waals surface area contributed by atoms with Crippen LogP contribution in [0, 0.1) is 6.92 Å². The Kier molecular flexibility index (Phi) is 3.43. The molecule has 6 heteroatoms. The standard InChI is InChI=1S/C14H13ClN4O/c1-9-2-3-10(6-12(9)15)13-5-4-11(20-13)7-16-14-17-8-18-19-14/h2-6,8H,7H2,1H3,(H2,16,17,18,19). The van der Waals surface area contributed by atoms with Crippen LogP contribution in [0.3, 0.4) is 0 Å². The van der Waals surface area contributed by atoms with Crippen LogP contribution in [0.4, 0.5) is 5.95 Å². The van der Waals surface area contributed by atoms with Crippen molar-refractivity contribution in [1.82, 2.24) is 15.2 Å². The van der Waals surface area contributed by atoms with Crippen molar-refractivity contribution in [2.75, 3.05) is 5.32 Å². The smallest absolute Gasteiger partial charge is 0.218 e. The predicted molar refractivity (Wildman–Crippen MR) is 77.6 cm³/mol. The highest BCUT2D eigenvalue weighted by Crippen LogP contribution is 2.27. The molecule has 0 aliphatic carbocycles. The monoisotopic (exact) mass is 288 g/mol. The number of benzene rings is 1. The van der Waals surface area contributed by atoms with E-state index in [1.807, 2.05) is 37.3 Å². The average molecular weight is 289 g/mol. The Morgan fingerprint density at radius 1 is 1.30 bits per heavy atom. The Labute approximate surface area is 121 Å². The fourth-order valence-corrected chi connectivity index (χ4v) is 2.02. The quantitative estimate of drug-likeness (QED) is 0.769. The van der Waals surface area contributed by atoms with Crippen LogP contribution in [0.15, 0.2) is 41.1 Å². The zero-order valence-electron chi connectivity index (χ0n) is 10.9. The summed E-state index contributed by atoms with van der Waals surface area (Å²) in [5.74, 6) is 2.22. The summed E-state index contributed by atoms with van der Waals surface area (Å²) in [5, 5.41) is 10.3. The molecule has 102 valence electrons. The van der Waals surface area contributed by atoms with Crippen molar-refractivity contribution < 1.29 is 4.42 Å². The second-order valence-corrected chi connectivity index (χ2v) is 4.82. The van der Waals surface area contributed by atoms with E-state index in [0.717, 1.165) is 27.7 Å². The van der Waals surface area contributed by atoms with Gasteiger partial charge in [0.15, 0.2) is 0 Å². The topological polar surface area (TPSA) is 66.7 Å². The SMILES string of the molecule is Cc1ccc(-c2ccc(CNc3ncn[nH]3)o2)cc1Cl. The largest absolute Gasteiger partial charge is 0.459 e. The molecule has 0 aliphatic rings. The minimum Gasteiger partial charge on any atom is -0.459 e. The van der Waals surface area contributed by atoms with Crippen molar-refractivity contribution in [2.24, 2.45) is 0 Å². The third kappa shape index (κ3) is 2.67. The van der Waals surface area contributed by atoms with Gasteiger partial charge in [-0.2, -0.15) is 5.10 Å². The number of nitrogens with zero attached hydrogens (tertiary/aromatic N) is 2. The van der Waals surface area contributed by atoms with E-state index in [4.69, 9.17) is 16.0 Å². The van der Waals surface area contributed by atoms with E-state index in [1.165, 1.54) is 6.33 Å². The Bertz CT molecular complexity index is 706. The van der Waals surface area contributed by atoms with Crippen LogP contribution in [0.25, 0.3) is 11.3 Å². The van der Waals surface area contributed by atoms with Crippen LogP contribution in [0.5, 0.6) is 0 Å². The maximum Gasteiger partial charge on any atom is 0.218 e. The number of nitrogens with one attached hydrogen (secondary N) is 2. The highest BCUT2D eigenvalue weighted by atomic mass is 35.5. The van der Waals surface area contributed by atoms with E-state index in [2.05, 4.69) is 20.5 Å². The van der Waals surface area contributed by atoms with Crippen molar-refractivity contribution in [2.45, 2.75) is 13.5 Å². The molecule has 2 heterocycles. The van der Waals surface area contributed by atoms with Gasteiger partial charge in [-0.25, -0.2) is 10.1 Å². The second-order valence-electron chi connectivity index (χ2n) is 4.42. The van der Waals surface area contributed by atoms with E-state index in [9.17, 15) is 0 Å². The maximum atomic E-state index is 6.13. The number of furan rings is 1. The van der Waals surface area contributed by atoms with Crippen LogP contribution < -0.4 is 5.32 Å². The number of hydrogen-bond acceptors (Lipinski definition) is 4. The van der Waals surface area contributed by atoms with Crippen molar-refractivity contribution in [3.8, 4) is 11.3 Å². The van der Waals surface area contributed by atoms with Crippen LogP contribution in [-0.2, 0) is 6.54 Å². The van der Waals surface area contributed by atoms with Gasteiger partial charge in [-0.15, -0.1) is 0 Å². The highest BCUT2D eigenvalue weighted by molar-refractivity contribution is 6.31. The molecule has 0 aliphatic heterocycles. The zero-order valence-corrected chi connectivity index (χ0v) is 11.6. The van der Waals surface area contributed by atoms with E-state index < -0.39 is 0 Å². The van der Waals surface area contributed by atoms with E-state index in [1.54, 1.807) is 0 Å². The Hall–Kier alpha value is -2.27. The van der Waals surface area contributed by atoms with E-state index >= 15 is 0 Å². The third-order valence-electron chi connectivity index (χ3n) is 2.96. The Morgan fingerprint density at radius 3 is 2.95 bits per heavy atom. The summed E-state index contributed by atoms with van der Waals surface area (Å²) in [5.41, 5.74) is 2.01. The maximum absolute atomic E-state index is 6.13. The molecule has 5 nitrogen and oxygen atoms in total. The fraction of sp³-hybridized carbons (Fsp3) is 0.143. The number of aromatic nitrogens is 3. The summed E-state index contributed by atoms with van der Waals surface area (Å²) in [6.45, 7) is 2.51. The average Bonchev–Trinajstić information content (AvgIpc) is 3.10. The van der Waals surface area contributed by atoms with Gasteiger partial charge in [-0.05, 0) is 30.7 Å². The molecule has 2 aromatic heterocycles. The Balaban J connectivity index is 1.74. The first-order valence-electron chi connectivity index (χ1n) is 6.17. The third-order valence-corrected chi connectivity index (χ3v) is 3.37. The minimum atomic E-state index is 0.536. The normalized spacial score (nSPS) is 10.7. The first kappa shape index (κ1) is 12.7. The predicted octanol–water partition coefficient (Wildman–Crippen LogP) is 3.64. The number of rotatable bonds is 4. The van der Waals surface area contributed by atoms with Gasteiger partial charge in [0, 0.05) is 10.6 Å². The second kappa shape index (κ2) is 5.38. The zero-order chi connectivity index (χ0) is 13.9. The lowest BCUT2D eigenvalue weighted by atomic mass is 10.1. The molecule has 0 atom stereocenters. The van der Waals surface area contributed by atoms with Gasteiger partial charge < -0.3 is 9.73 Å². The van der Waals surface area contributed by atoms with Crippen molar-refractivity contribution in [3.05, 3.63) is 53.0 Å². The molecule has 20 heavy (non-hydrogen) atoms. The summed E-state index contributed by atoms with van der Waals surface area (Å²) >= 11 is 6.13. The van der Waals surface area contributed by atoms with Gasteiger partial charge in [0.2, 0.25) is 5.95 Å². The molecule has 3 aromatic rings. The molecule has 0 amide bonds. The van der Waals surface area contributed by atoms with Crippen molar-refractivity contribution in [3.63, 3.8) is 0 Å². The number of aromatic amines is 1. The minimum absolute atomic E-state index is 0.536. The van der Waals surface area contributed by atoms with Crippen LogP contribution >= 0.6 is 11.6 Å². The summed E-state index contributed by atoms with van der Waals surface area (Å²) in [6, 6.07) is 9.73. The summed E-state index contributed by atoms with van der Waals surface area (Å²) in [6.07, 6.45) is 1.45. The fourth-order valence-electron chi connectivity index (χ4n) is 1.84. The number of aryl methyl sites for hydroxylation is 1. The van der Waals surface area contributed by atoms with Crippen molar-refractivity contribution in [1.29, 1.82) is 0 Å². The lowest BCUT2D eigenvalue weighted by molar-refractivity contribution is 0.531. The molecule has 0 fully saturated rings. The number of hydrogen-bond donors (Lipinski definition) is 2. The van der Waals surface area contributed by atoms with Gasteiger partial charge in [-0.3, -0.25) is 0 Å². The lowest BCUT2D eigenvalue weighted by Crippen LogP contribution is -1.99. The van der Waals surface area contributed by atoms with Gasteiger partial charge in [-0.1, -0.05) is 23.7 Å². The van der Waals surface area contributed by atoms with Gasteiger partial charge in [0.05, 0.1) is 6.54 Å². The van der Waals surface area contributed by atoms with Gasteiger partial charge >= 0.3 is 0 Å². The molecular formula is C14H13ClN4O. The summed E-state index contributed by atoms with van der Waals surface area (Å²) in [4.78, 5) is 3.98. The summed E-state index contributed by atoms with van der Waals surface area (Å²) < 4.78 is 5.78. The molecule has 0 saturated carbocycles. The van der Waals surface area contributed by atoms with Crippen LogP contribution in [0.2, 0.25) is 5.02 Å². The molecule has 1 aromatic carbocycles. The molecular weight excluding hydrogens is 276 g/mol. The molecule has 0 unspecified atom stereocenters. The summed E-state index contributed by atoms with van der Waals surface area (Å²) in [7, 11) is 0. The number of H-pyrrole nitrogens is 1. The molecule has 0 radical (unpaired) electrons. The van der Waals surface area contributed by atoms with E-state index in [0.29, 0.717) is 12.5 Å². The molecule has 2 N–H and O–H groups in total. The molecule has 3 rings (SSSR count). The van der Waals surface area contributed by atoms with Crippen molar-refractivity contribution >= 4 is 17.5 Å². The molecule has 0 spiro atoms. The number of anilines is 1. The van der Waals surface area contributed by atoms with Crippen LogP contribution in [-0.4, -0.2) is 15.2 Å². The van der Waals surface area contributed by atoms with Crippen LogP contribution in [0.1, 0.15) is 11.3 Å². The first-order chi connectivity index (χ1) is 9.72.